The Kier molecular flexibility index (Phi) is 5.21. The van der Waals surface area contributed by atoms with Crippen molar-refractivity contribution in [3.8, 4) is 11.5 Å². The second-order valence-electron chi connectivity index (χ2n) is 4.58. The van der Waals surface area contributed by atoms with Gasteiger partial charge in [0.1, 0.15) is 0 Å². The maximum absolute atomic E-state index is 11.9. The second-order valence-corrected chi connectivity index (χ2v) is 4.58. The molecule has 0 saturated carbocycles. The summed E-state index contributed by atoms with van der Waals surface area (Å²) in [5.41, 5.74) is 1.90. The van der Waals surface area contributed by atoms with Crippen molar-refractivity contribution in [2.24, 2.45) is 0 Å². The first-order chi connectivity index (χ1) is 10.2. The van der Waals surface area contributed by atoms with E-state index in [1.54, 1.807) is 6.07 Å². The summed E-state index contributed by atoms with van der Waals surface area (Å²) in [4.78, 5) is 11.9. The van der Waals surface area contributed by atoms with Crippen LogP contribution in [0.3, 0.4) is 0 Å². The summed E-state index contributed by atoms with van der Waals surface area (Å²) in [6.07, 6.45) is 0. The molecule has 0 heterocycles. The highest BCUT2D eigenvalue weighted by Crippen LogP contribution is 2.26. The normalized spacial score (nSPS) is 10.0. The van der Waals surface area contributed by atoms with Gasteiger partial charge in [0.25, 0.3) is 5.91 Å². The molecule has 0 aliphatic heterocycles. The summed E-state index contributed by atoms with van der Waals surface area (Å²) in [6.45, 7) is 4.40. The number of carbonyl (C=O) groups is 1. The maximum atomic E-state index is 11.9. The number of benzene rings is 2. The molecule has 21 heavy (non-hydrogen) atoms. The summed E-state index contributed by atoms with van der Waals surface area (Å²) in [7, 11) is 0. The minimum Gasteiger partial charge on any atom is -0.490 e. The lowest BCUT2D eigenvalue weighted by molar-refractivity contribution is -0.118. The van der Waals surface area contributed by atoms with Crippen LogP contribution in [0.2, 0.25) is 0 Å². The second kappa shape index (κ2) is 7.33. The monoisotopic (exact) mass is 285 g/mol. The van der Waals surface area contributed by atoms with Crippen molar-refractivity contribution in [2.45, 2.75) is 13.8 Å². The van der Waals surface area contributed by atoms with Crippen LogP contribution < -0.4 is 14.8 Å². The summed E-state index contributed by atoms with van der Waals surface area (Å²) < 4.78 is 11.0. The third kappa shape index (κ3) is 4.53. The number of hydrogen-bond acceptors (Lipinski definition) is 3. The molecule has 4 heteroatoms. The molecule has 0 fully saturated rings. The van der Waals surface area contributed by atoms with Crippen LogP contribution in [-0.2, 0) is 4.79 Å². The average molecular weight is 285 g/mol. The molecule has 0 spiro atoms. The molecular weight excluding hydrogens is 266 g/mol. The minimum absolute atomic E-state index is 0.0576. The van der Waals surface area contributed by atoms with Gasteiger partial charge < -0.3 is 14.8 Å². The van der Waals surface area contributed by atoms with Crippen molar-refractivity contribution < 1.29 is 14.3 Å². The van der Waals surface area contributed by atoms with Gasteiger partial charge in [-0.1, -0.05) is 29.8 Å². The molecule has 0 aromatic heterocycles. The molecule has 1 N–H and O–H groups in total. The summed E-state index contributed by atoms with van der Waals surface area (Å²) in [5, 5.41) is 2.79. The van der Waals surface area contributed by atoms with Gasteiger partial charge >= 0.3 is 0 Å². The first-order valence-electron chi connectivity index (χ1n) is 6.90. The molecule has 4 nitrogen and oxygen atoms in total. The number of rotatable bonds is 6. The third-order valence-electron chi connectivity index (χ3n) is 2.84. The first kappa shape index (κ1) is 14.9. The van der Waals surface area contributed by atoms with Gasteiger partial charge in [-0.25, -0.2) is 0 Å². The van der Waals surface area contributed by atoms with Gasteiger partial charge in [0.15, 0.2) is 18.1 Å². The Morgan fingerprint density at radius 3 is 2.24 bits per heavy atom. The summed E-state index contributed by atoms with van der Waals surface area (Å²) >= 11 is 0. The van der Waals surface area contributed by atoms with Crippen molar-refractivity contribution >= 4 is 11.6 Å². The van der Waals surface area contributed by atoms with Crippen LogP contribution in [0.15, 0.2) is 48.5 Å². The van der Waals surface area contributed by atoms with Crippen LogP contribution in [0.4, 0.5) is 5.69 Å². The van der Waals surface area contributed by atoms with Gasteiger partial charge in [-0.2, -0.15) is 0 Å². The zero-order valence-corrected chi connectivity index (χ0v) is 12.3. The topological polar surface area (TPSA) is 47.6 Å². The number of anilines is 1. The lowest BCUT2D eigenvalue weighted by Crippen LogP contribution is -2.20. The molecule has 1 amide bonds. The van der Waals surface area contributed by atoms with Crippen molar-refractivity contribution in [1.82, 2.24) is 0 Å². The summed E-state index contributed by atoms with van der Waals surface area (Å²) in [6, 6.07) is 14.9. The molecule has 0 saturated heterocycles. The van der Waals surface area contributed by atoms with E-state index < -0.39 is 0 Å². The van der Waals surface area contributed by atoms with Gasteiger partial charge in [-0.3, -0.25) is 4.79 Å². The van der Waals surface area contributed by atoms with E-state index >= 15 is 0 Å². The van der Waals surface area contributed by atoms with Crippen LogP contribution >= 0.6 is 0 Å². The fraction of sp³-hybridized carbons (Fsp3) is 0.235. The van der Waals surface area contributed by atoms with Crippen molar-refractivity contribution in [2.75, 3.05) is 18.5 Å². The predicted molar refractivity (Wildman–Crippen MR) is 82.9 cm³/mol. The van der Waals surface area contributed by atoms with E-state index in [1.807, 2.05) is 56.3 Å². The van der Waals surface area contributed by atoms with E-state index in [0.29, 0.717) is 18.1 Å². The standard InChI is InChI=1S/C17H19NO3/c1-3-20-15-6-4-5-7-16(15)21-12-17(19)18-14-10-8-13(2)9-11-14/h4-11H,3,12H2,1-2H3,(H,18,19). The van der Waals surface area contributed by atoms with E-state index in [9.17, 15) is 4.79 Å². The zero-order valence-electron chi connectivity index (χ0n) is 12.3. The van der Waals surface area contributed by atoms with Gasteiger partial charge in [0, 0.05) is 5.69 Å². The third-order valence-corrected chi connectivity index (χ3v) is 2.84. The number of ether oxygens (including phenoxy) is 2. The van der Waals surface area contributed by atoms with E-state index in [4.69, 9.17) is 9.47 Å². The smallest absolute Gasteiger partial charge is 0.262 e. The Balaban J connectivity index is 1.90. The lowest BCUT2D eigenvalue weighted by Gasteiger charge is -2.11. The number of amides is 1. The Morgan fingerprint density at radius 1 is 1.00 bits per heavy atom. The Labute approximate surface area is 124 Å². The molecule has 110 valence electrons. The van der Waals surface area contributed by atoms with E-state index in [-0.39, 0.29) is 12.5 Å². The van der Waals surface area contributed by atoms with Gasteiger partial charge in [0.2, 0.25) is 0 Å². The van der Waals surface area contributed by atoms with Crippen LogP contribution in [-0.4, -0.2) is 19.1 Å². The Hall–Kier alpha value is -2.49. The molecule has 2 rings (SSSR count). The Morgan fingerprint density at radius 2 is 1.62 bits per heavy atom. The van der Waals surface area contributed by atoms with Crippen LogP contribution in [0.5, 0.6) is 11.5 Å². The highest BCUT2D eigenvalue weighted by molar-refractivity contribution is 5.91. The largest absolute Gasteiger partial charge is 0.490 e. The number of para-hydroxylation sites is 2. The molecule has 2 aromatic carbocycles. The van der Waals surface area contributed by atoms with Crippen LogP contribution in [0, 0.1) is 6.92 Å². The number of aryl methyl sites for hydroxylation is 1. The number of nitrogens with one attached hydrogen (secondary N) is 1. The van der Waals surface area contributed by atoms with Crippen molar-refractivity contribution in [3.63, 3.8) is 0 Å². The van der Waals surface area contributed by atoms with E-state index in [2.05, 4.69) is 5.32 Å². The highest BCUT2D eigenvalue weighted by Gasteiger charge is 2.07. The van der Waals surface area contributed by atoms with Gasteiger partial charge in [0.05, 0.1) is 6.61 Å². The van der Waals surface area contributed by atoms with Crippen LogP contribution in [0.25, 0.3) is 0 Å². The van der Waals surface area contributed by atoms with Crippen LogP contribution in [0.1, 0.15) is 12.5 Å². The minimum atomic E-state index is -0.204. The zero-order chi connectivity index (χ0) is 15.1. The predicted octanol–water partition coefficient (Wildman–Crippen LogP) is 3.41. The average Bonchev–Trinajstić information content (AvgIpc) is 2.49. The quantitative estimate of drug-likeness (QED) is 0.884. The molecule has 0 aliphatic carbocycles. The SMILES string of the molecule is CCOc1ccccc1OCC(=O)Nc1ccc(C)cc1. The Bertz CT molecular complexity index is 593. The molecule has 2 aromatic rings. The molecule has 0 aliphatic rings. The van der Waals surface area contributed by atoms with E-state index in [1.165, 1.54) is 0 Å². The van der Waals surface area contributed by atoms with Crippen molar-refractivity contribution in [1.29, 1.82) is 0 Å². The number of carbonyl (C=O) groups excluding carboxylic acids is 1. The first-order valence-corrected chi connectivity index (χ1v) is 6.90. The molecule has 0 unspecified atom stereocenters. The summed E-state index contributed by atoms with van der Waals surface area (Å²) in [5.74, 6) is 1.01. The number of hydrogen-bond donors (Lipinski definition) is 1. The highest BCUT2D eigenvalue weighted by atomic mass is 16.5. The fourth-order valence-corrected chi connectivity index (χ4v) is 1.82. The van der Waals surface area contributed by atoms with E-state index in [0.717, 1.165) is 11.3 Å². The van der Waals surface area contributed by atoms with Gasteiger partial charge in [-0.05, 0) is 38.1 Å². The lowest BCUT2D eigenvalue weighted by atomic mass is 10.2. The molecule has 0 radical (unpaired) electrons. The van der Waals surface area contributed by atoms with Gasteiger partial charge in [-0.15, -0.1) is 0 Å². The molecule has 0 bridgehead atoms. The molecular formula is C17H19NO3. The fourth-order valence-electron chi connectivity index (χ4n) is 1.82. The maximum Gasteiger partial charge on any atom is 0.262 e. The molecule has 0 atom stereocenters. The van der Waals surface area contributed by atoms with Crippen molar-refractivity contribution in [3.05, 3.63) is 54.1 Å².